The van der Waals surface area contributed by atoms with Crippen molar-refractivity contribution < 1.29 is 44.2 Å². The van der Waals surface area contributed by atoms with E-state index in [0.29, 0.717) is 13.0 Å². The van der Waals surface area contributed by atoms with Gasteiger partial charge in [0.05, 0.1) is 19.8 Å². The Balaban J connectivity index is 2.20. The number of carbonyl (C=O) groups is 1. The fourth-order valence-corrected chi connectivity index (χ4v) is 7.61. The first-order chi connectivity index (χ1) is 27.9. The van der Waals surface area contributed by atoms with Crippen molar-refractivity contribution in [2.24, 2.45) is 0 Å². The number of ether oxygens (including phenoxy) is 4. The number of carbonyl (C=O) groups excluding carboxylic acids is 1. The SMILES string of the molecule is CCCCCCC/C=C\CCCCCCCC(=O)OC(COCCCCCCCCCCCCCCCCCCCCCC)COC1OC(CO)C(O)C(O)C1O. The second-order valence-corrected chi connectivity index (χ2v) is 16.9. The van der Waals surface area contributed by atoms with Crippen molar-refractivity contribution >= 4 is 5.97 Å². The summed E-state index contributed by atoms with van der Waals surface area (Å²) in [6, 6.07) is 0. The van der Waals surface area contributed by atoms with Crippen LogP contribution in [0.2, 0.25) is 0 Å². The molecule has 0 saturated carbocycles. The predicted octanol–water partition coefficient (Wildman–Crippen LogP) is 11.2. The molecule has 4 N–H and O–H groups in total. The molecule has 0 aromatic heterocycles. The quantitative estimate of drug-likeness (QED) is 0.0270. The molecule has 1 heterocycles. The molecule has 0 aromatic rings. The Bertz CT molecular complexity index is 884. The Kier molecular flexibility index (Phi) is 38.2. The van der Waals surface area contributed by atoms with E-state index in [1.165, 1.54) is 161 Å². The molecule has 1 saturated heterocycles. The van der Waals surface area contributed by atoms with Crippen LogP contribution >= 0.6 is 0 Å². The third-order valence-corrected chi connectivity index (χ3v) is 11.4. The maximum atomic E-state index is 12.8. The normalized spacial score (nSPS) is 20.4. The van der Waals surface area contributed by atoms with Crippen LogP contribution in [-0.4, -0.2) is 89.6 Å². The van der Waals surface area contributed by atoms with Gasteiger partial charge in [0, 0.05) is 13.0 Å². The average molecular weight is 813 g/mol. The molecule has 1 aliphatic heterocycles. The number of rotatable bonds is 42. The maximum absolute atomic E-state index is 12.8. The highest BCUT2D eigenvalue weighted by Gasteiger charge is 2.44. The summed E-state index contributed by atoms with van der Waals surface area (Å²) in [5.74, 6) is -0.318. The van der Waals surface area contributed by atoms with E-state index in [2.05, 4.69) is 26.0 Å². The van der Waals surface area contributed by atoms with Crippen molar-refractivity contribution in [2.75, 3.05) is 26.4 Å². The first-order valence-corrected chi connectivity index (χ1v) is 24.3. The van der Waals surface area contributed by atoms with E-state index >= 15 is 0 Å². The van der Waals surface area contributed by atoms with Crippen LogP contribution in [0.1, 0.15) is 226 Å². The van der Waals surface area contributed by atoms with Crippen LogP contribution in [0.15, 0.2) is 12.2 Å². The number of hydrogen-bond acceptors (Lipinski definition) is 9. The highest BCUT2D eigenvalue weighted by atomic mass is 16.7. The summed E-state index contributed by atoms with van der Waals surface area (Å²) in [6.45, 7) is 4.58. The van der Waals surface area contributed by atoms with Gasteiger partial charge < -0.3 is 39.4 Å². The maximum Gasteiger partial charge on any atom is 0.306 e. The predicted molar refractivity (Wildman–Crippen MR) is 233 cm³/mol. The highest BCUT2D eigenvalue weighted by Crippen LogP contribution is 2.23. The molecule has 1 aliphatic rings. The average Bonchev–Trinajstić information content (AvgIpc) is 3.21. The topological polar surface area (TPSA) is 135 Å². The summed E-state index contributed by atoms with van der Waals surface area (Å²) in [7, 11) is 0. The first-order valence-electron chi connectivity index (χ1n) is 24.3. The summed E-state index contributed by atoms with van der Waals surface area (Å²) in [5.41, 5.74) is 0. The lowest BCUT2D eigenvalue weighted by Crippen LogP contribution is -2.59. The Morgan fingerprint density at radius 1 is 0.544 bits per heavy atom. The molecular weight excluding hydrogens is 721 g/mol. The molecule has 0 spiro atoms. The third-order valence-electron chi connectivity index (χ3n) is 11.4. The second kappa shape index (κ2) is 40.3. The minimum Gasteiger partial charge on any atom is -0.457 e. The van der Waals surface area contributed by atoms with Gasteiger partial charge in [0.25, 0.3) is 0 Å². The largest absolute Gasteiger partial charge is 0.457 e. The zero-order valence-electron chi connectivity index (χ0n) is 37.1. The smallest absolute Gasteiger partial charge is 0.306 e. The fraction of sp³-hybridized carbons (Fsp3) is 0.938. The Hall–Kier alpha value is -1.07. The van der Waals surface area contributed by atoms with Crippen molar-refractivity contribution in [1.82, 2.24) is 0 Å². The van der Waals surface area contributed by atoms with Crippen LogP contribution in [0, 0.1) is 0 Å². The van der Waals surface area contributed by atoms with E-state index in [1.807, 2.05) is 0 Å². The van der Waals surface area contributed by atoms with Gasteiger partial charge in [-0.2, -0.15) is 0 Å². The van der Waals surface area contributed by atoms with Gasteiger partial charge in [-0.3, -0.25) is 4.79 Å². The molecule has 338 valence electrons. The molecule has 57 heavy (non-hydrogen) atoms. The minimum atomic E-state index is -1.53. The molecule has 0 amide bonds. The lowest BCUT2D eigenvalue weighted by molar-refractivity contribution is -0.305. The van der Waals surface area contributed by atoms with Gasteiger partial charge in [0.2, 0.25) is 0 Å². The van der Waals surface area contributed by atoms with Gasteiger partial charge in [-0.05, 0) is 38.5 Å². The van der Waals surface area contributed by atoms with Crippen molar-refractivity contribution in [1.29, 1.82) is 0 Å². The molecule has 1 rings (SSSR count). The van der Waals surface area contributed by atoms with Crippen molar-refractivity contribution in [3.63, 3.8) is 0 Å². The number of allylic oxidation sites excluding steroid dienone is 2. The lowest BCUT2D eigenvalue weighted by atomic mass is 9.99. The van der Waals surface area contributed by atoms with Crippen LogP contribution in [0.25, 0.3) is 0 Å². The molecule has 0 aliphatic carbocycles. The van der Waals surface area contributed by atoms with Gasteiger partial charge in [-0.1, -0.05) is 193 Å². The number of aliphatic hydroxyl groups is 4. The summed E-state index contributed by atoms with van der Waals surface area (Å²) >= 11 is 0. The van der Waals surface area contributed by atoms with Crippen molar-refractivity contribution in [3.05, 3.63) is 12.2 Å². The van der Waals surface area contributed by atoms with E-state index < -0.39 is 43.4 Å². The summed E-state index contributed by atoms with van der Waals surface area (Å²) in [5, 5.41) is 40.1. The molecule has 9 heteroatoms. The number of esters is 1. The van der Waals surface area contributed by atoms with Crippen molar-refractivity contribution in [2.45, 2.75) is 263 Å². The Morgan fingerprint density at radius 2 is 0.965 bits per heavy atom. The summed E-state index contributed by atoms with van der Waals surface area (Å²) < 4.78 is 22.9. The lowest BCUT2D eigenvalue weighted by Gasteiger charge is -2.39. The molecular formula is C48H92O9. The molecule has 0 aromatic carbocycles. The summed E-state index contributed by atoms with van der Waals surface area (Å²) in [4.78, 5) is 12.8. The monoisotopic (exact) mass is 813 g/mol. The van der Waals surface area contributed by atoms with Gasteiger partial charge in [-0.25, -0.2) is 0 Å². The molecule has 0 radical (unpaired) electrons. The van der Waals surface area contributed by atoms with Gasteiger partial charge in [0.15, 0.2) is 6.29 Å². The molecule has 0 bridgehead atoms. The van der Waals surface area contributed by atoms with Gasteiger partial charge in [0.1, 0.15) is 30.5 Å². The van der Waals surface area contributed by atoms with Crippen LogP contribution in [0.3, 0.4) is 0 Å². The van der Waals surface area contributed by atoms with Crippen LogP contribution < -0.4 is 0 Å². The first kappa shape index (κ1) is 53.9. The number of unbranched alkanes of at least 4 members (excludes halogenated alkanes) is 29. The van der Waals surface area contributed by atoms with Gasteiger partial charge in [-0.15, -0.1) is 0 Å². The van der Waals surface area contributed by atoms with E-state index in [-0.39, 0.29) is 19.2 Å². The van der Waals surface area contributed by atoms with Crippen LogP contribution in [-0.2, 0) is 23.7 Å². The molecule has 6 atom stereocenters. The minimum absolute atomic E-state index is 0.111. The van der Waals surface area contributed by atoms with E-state index in [1.54, 1.807) is 0 Å². The molecule has 6 unspecified atom stereocenters. The number of hydrogen-bond donors (Lipinski definition) is 4. The number of aliphatic hydroxyl groups excluding tert-OH is 4. The van der Waals surface area contributed by atoms with Crippen LogP contribution in [0.4, 0.5) is 0 Å². The fourth-order valence-electron chi connectivity index (χ4n) is 7.61. The van der Waals surface area contributed by atoms with E-state index in [4.69, 9.17) is 18.9 Å². The highest BCUT2D eigenvalue weighted by molar-refractivity contribution is 5.69. The zero-order valence-corrected chi connectivity index (χ0v) is 37.1. The Morgan fingerprint density at radius 3 is 1.42 bits per heavy atom. The molecule has 9 nitrogen and oxygen atoms in total. The zero-order chi connectivity index (χ0) is 41.4. The third kappa shape index (κ3) is 31.5. The Labute approximate surface area is 350 Å². The van der Waals surface area contributed by atoms with Gasteiger partial charge >= 0.3 is 5.97 Å². The molecule has 1 fully saturated rings. The van der Waals surface area contributed by atoms with Crippen LogP contribution in [0.5, 0.6) is 0 Å². The van der Waals surface area contributed by atoms with Crippen molar-refractivity contribution in [3.8, 4) is 0 Å². The second-order valence-electron chi connectivity index (χ2n) is 16.9. The summed E-state index contributed by atoms with van der Waals surface area (Å²) in [6.07, 6.45) is 38.1. The van der Waals surface area contributed by atoms with E-state index in [9.17, 15) is 25.2 Å². The van der Waals surface area contributed by atoms with E-state index in [0.717, 1.165) is 44.9 Å². The standard InChI is InChI=1S/C48H92O9/c1-3-5-7-9-11-13-15-17-19-20-21-22-23-24-26-28-30-32-34-36-38-54-40-42(41-55-48-47(53)46(52)45(51)43(39-49)57-48)56-44(50)37-35-33-31-29-27-25-18-16-14-12-10-8-6-4-2/h16,18,42-43,45-49,51-53H,3-15,17,19-41H2,1-2H3/b18-16-.